The first kappa shape index (κ1) is 20.0. The van der Waals surface area contributed by atoms with E-state index < -0.39 is 12.8 Å². The molecule has 0 heterocycles. The molecule has 0 aliphatic carbocycles. The fraction of sp³-hybridized carbons (Fsp3) is 0.400. The predicted molar refractivity (Wildman–Crippen MR) is 96.6 cm³/mol. The predicted octanol–water partition coefficient (Wildman–Crippen LogP) is 4.74. The molecule has 128 valence electrons. The lowest BCUT2D eigenvalue weighted by Gasteiger charge is -2.26. The Bertz CT molecular complexity index is 560. The Kier molecular flexibility index (Phi) is 8.71. The molecule has 0 saturated carbocycles. The van der Waals surface area contributed by atoms with Crippen LogP contribution in [0.1, 0.15) is 23.7 Å². The molecule has 0 radical (unpaired) electrons. The van der Waals surface area contributed by atoms with E-state index >= 15 is 0 Å². The molecule has 0 aliphatic rings. The lowest BCUT2D eigenvalue weighted by atomic mass is 10.2. The van der Waals surface area contributed by atoms with Crippen molar-refractivity contribution < 1.29 is 14.1 Å². The van der Waals surface area contributed by atoms with Gasteiger partial charge in [0.25, 0.3) is 0 Å². The maximum atomic E-state index is 12.6. The van der Waals surface area contributed by atoms with E-state index in [9.17, 15) is 9.36 Å². The van der Waals surface area contributed by atoms with Crippen molar-refractivity contribution in [2.75, 3.05) is 30.7 Å². The van der Waals surface area contributed by atoms with Crippen molar-refractivity contribution in [2.24, 2.45) is 0 Å². The van der Waals surface area contributed by atoms with Crippen LogP contribution in [0, 0.1) is 0 Å². The highest BCUT2D eigenvalue weighted by Crippen LogP contribution is 2.54. The molecule has 0 bridgehead atoms. The first-order valence-electron chi connectivity index (χ1n) is 7.22. The van der Waals surface area contributed by atoms with E-state index in [2.05, 4.69) is 11.7 Å². The van der Waals surface area contributed by atoms with Crippen LogP contribution in [0.4, 0.5) is 5.69 Å². The van der Waals surface area contributed by atoms with Gasteiger partial charge in [-0.25, -0.2) is 9.46 Å². The van der Waals surface area contributed by atoms with Gasteiger partial charge in [-0.1, -0.05) is 19.6 Å². The van der Waals surface area contributed by atoms with Crippen LogP contribution >= 0.6 is 29.6 Å². The molecule has 1 aromatic carbocycles. The number of anilines is 1. The second-order valence-corrected chi connectivity index (χ2v) is 8.27. The lowest BCUT2D eigenvalue weighted by molar-refractivity contribution is 0.0550. The molecule has 1 unspecified atom stereocenters. The van der Waals surface area contributed by atoms with Crippen LogP contribution in [0.5, 0.6) is 0 Å². The number of ether oxygens (including phenoxy) is 1. The zero-order chi connectivity index (χ0) is 17.3. The van der Waals surface area contributed by atoms with Crippen molar-refractivity contribution in [2.45, 2.75) is 13.3 Å². The van der Waals surface area contributed by atoms with Crippen molar-refractivity contribution in [3.8, 4) is 0 Å². The zero-order valence-electron chi connectivity index (χ0n) is 13.0. The van der Waals surface area contributed by atoms with E-state index in [1.165, 1.54) is 6.08 Å². The molecule has 8 heteroatoms. The van der Waals surface area contributed by atoms with Gasteiger partial charge in [0.1, 0.15) is 6.61 Å². The number of nitrogens with one attached hydrogen (secondary N) is 1. The topological polar surface area (TPSA) is 58.6 Å². The molecule has 23 heavy (non-hydrogen) atoms. The SMILES string of the molecule is C=CCOC(=O)c1ccc(NP(=O)(Cl)N(CCC)CCCl)cc1. The van der Waals surface area contributed by atoms with E-state index in [0.717, 1.165) is 6.42 Å². The quantitative estimate of drug-likeness (QED) is 0.275. The first-order valence-corrected chi connectivity index (χ1v) is 10.3. The molecule has 0 fully saturated rings. The molecule has 1 N–H and O–H groups in total. The minimum atomic E-state index is -3.27. The van der Waals surface area contributed by atoms with Crippen LogP contribution in [0.2, 0.25) is 0 Å². The fourth-order valence-electron chi connectivity index (χ4n) is 1.85. The van der Waals surface area contributed by atoms with E-state index in [0.29, 0.717) is 30.2 Å². The molecule has 1 atom stereocenters. The number of hydrogen-bond donors (Lipinski definition) is 1. The summed E-state index contributed by atoms with van der Waals surface area (Å²) in [6.07, 6.45) is 2.31. The maximum Gasteiger partial charge on any atom is 0.338 e. The number of carbonyl (C=O) groups excluding carboxylic acids is 1. The Morgan fingerprint density at radius 2 is 2.04 bits per heavy atom. The summed E-state index contributed by atoms with van der Waals surface area (Å²) in [6.45, 7) is 3.34. The summed E-state index contributed by atoms with van der Waals surface area (Å²) in [5.41, 5.74) is 0.951. The van der Waals surface area contributed by atoms with Crippen LogP contribution < -0.4 is 5.09 Å². The summed E-state index contributed by atoms with van der Waals surface area (Å²) < 4.78 is 19.2. The van der Waals surface area contributed by atoms with Gasteiger partial charge in [-0.2, -0.15) is 0 Å². The number of rotatable bonds is 10. The van der Waals surface area contributed by atoms with Crippen molar-refractivity contribution in [1.82, 2.24) is 4.67 Å². The molecule has 0 saturated heterocycles. The standard InChI is InChI=1S/C15H21Cl2N2O3P/c1-3-10-19(11-9-16)23(17,21)18-14-7-5-13(6-8-14)15(20)22-12-4-2/h4-8H,2-3,9-12H2,1H3,(H,18,21). The normalized spacial score (nSPS) is 13.4. The Morgan fingerprint density at radius 1 is 1.39 bits per heavy atom. The van der Waals surface area contributed by atoms with Gasteiger partial charge in [0, 0.05) is 24.7 Å². The smallest absolute Gasteiger partial charge is 0.338 e. The average molecular weight is 379 g/mol. The second kappa shape index (κ2) is 9.99. The molecular weight excluding hydrogens is 358 g/mol. The third-order valence-electron chi connectivity index (χ3n) is 2.91. The molecule has 5 nitrogen and oxygen atoms in total. The van der Waals surface area contributed by atoms with Gasteiger partial charge >= 0.3 is 12.8 Å². The summed E-state index contributed by atoms with van der Waals surface area (Å²) in [7, 11) is 0. The highest BCUT2D eigenvalue weighted by Gasteiger charge is 2.27. The molecule has 1 rings (SSSR count). The third kappa shape index (κ3) is 6.56. The monoisotopic (exact) mass is 378 g/mol. The minimum Gasteiger partial charge on any atom is -0.458 e. The zero-order valence-corrected chi connectivity index (χ0v) is 15.4. The van der Waals surface area contributed by atoms with Crippen LogP contribution in [0.3, 0.4) is 0 Å². The van der Waals surface area contributed by atoms with E-state index in [4.69, 9.17) is 27.6 Å². The second-order valence-electron chi connectivity index (χ2n) is 4.72. The largest absolute Gasteiger partial charge is 0.458 e. The molecule has 0 spiro atoms. The van der Waals surface area contributed by atoms with Crippen molar-refractivity contribution in [3.63, 3.8) is 0 Å². The molecule has 0 amide bonds. The van der Waals surface area contributed by atoms with Crippen LogP contribution in [0.15, 0.2) is 36.9 Å². The number of carbonyl (C=O) groups is 1. The molecule has 0 aliphatic heterocycles. The van der Waals surface area contributed by atoms with Crippen LogP contribution in [-0.2, 0) is 9.30 Å². The number of halogens is 2. The molecule has 0 aromatic heterocycles. The summed E-state index contributed by atoms with van der Waals surface area (Å²) >= 11 is 11.9. The summed E-state index contributed by atoms with van der Waals surface area (Å²) in [6, 6.07) is 6.42. The highest BCUT2D eigenvalue weighted by molar-refractivity contribution is 7.88. The molecular formula is C15H21Cl2N2O3P. The Balaban J connectivity index is 2.77. The number of hydrogen-bond acceptors (Lipinski definition) is 3. The van der Waals surface area contributed by atoms with Gasteiger partial charge in [0.2, 0.25) is 0 Å². The number of benzene rings is 1. The van der Waals surface area contributed by atoms with Gasteiger partial charge in [-0.05, 0) is 41.9 Å². The Morgan fingerprint density at radius 3 is 2.57 bits per heavy atom. The van der Waals surface area contributed by atoms with Crippen LogP contribution in [-0.4, -0.2) is 36.2 Å². The van der Waals surface area contributed by atoms with Crippen LogP contribution in [0.25, 0.3) is 0 Å². The van der Waals surface area contributed by atoms with Gasteiger partial charge in [0.05, 0.1) is 5.56 Å². The molecule has 1 aromatic rings. The van der Waals surface area contributed by atoms with E-state index in [-0.39, 0.29) is 6.61 Å². The summed E-state index contributed by atoms with van der Waals surface area (Å²) in [5, 5.41) is 2.82. The number of alkyl halides is 1. The van der Waals surface area contributed by atoms with E-state index in [1.54, 1.807) is 28.9 Å². The maximum absolute atomic E-state index is 12.6. The minimum absolute atomic E-state index is 0.153. The fourth-order valence-corrected chi connectivity index (χ4v) is 4.35. The Labute approximate surface area is 146 Å². The third-order valence-corrected chi connectivity index (χ3v) is 5.63. The van der Waals surface area contributed by atoms with Crippen molar-refractivity contribution >= 4 is 41.3 Å². The highest BCUT2D eigenvalue weighted by atomic mass is 35.7. The lowest BCUT2D eigenvalue weighted by Crippen LogP contribution is -2.24. The van der Waals surface area contributed by atoms with Crippen molar-refractivity contribution in [3.05, 3.63) is 42.5 Å². The summed E-state index contributed by atoms with van der Waals surface area (Å²) in [4.78, 5) is 11.7. The van der Waals surface area contributed by atoms with E-state index in [1.807, 2.05) is 6.92 Å². The van der Waals surface area contributed by atoms with Gasteiger partial charge in [-0.3, -0.25) is 4.57 Å². The summed E-state index contributed by atoms with van der Waals surface area (Å²) in [5.74, 6) is -0.104. The van der Waals surface area contributed by atoms with Gasteiger partial charge < -0.3 is 9.82 Å². The average Bonchev–Trinajstić information content (AvgIpc) is 2.52. The van der Waals surface area contributed by atoms with Crippen molar-refractivity contribution in [1.29, 1.82) is 0 Å². The first-order chi connectivity index (χ1) is 10.9. The number of nitrogens with zero attached hydrogens (tertiary/aromatic N) is 1. The Hall–Kier alpha value is -1.00. The van der Waals surface area contributed by atoms with Gasteiger partial charge in [0.15, 0.2) is 0 Å². The van der Waals surface area contributed by atoms with Gasteiger partial charge in [-0.15, -0.1) is 11.6 Å². The number of esters is 1.